The third kappa shape index (κ3) is 2.26. The van der Waals surface area contributed by atoms with Crippen molar-refractivity contribution in [2.24, 2.45) is 0 Å². The van der Waals surface area contributed by atoms with Gasteiger partial charge in [0.05, 0.1) is 11.6 Å². The highest BCUT2D eigenvalue weighted by molar-refractivity contribution is 5.30. The highest BCUT2D eigenvalue weighted by Gasteiger charge is 2.34. The molecule has 1 atom stereocenters. The molecule has 0 aliphatic carbocycles. The largest absolute Gasteiger partial charge is 0.473 e. The van der Waals surface area contributed by atoms with Crippen LogP contribution in [0.25, 0.3) is 0 Å². The van der Waals surface area contributed by atoms with Gasteiger partial charge in [0.1, 0.15) is 0 Å². The molecule has 0 aliphatic rings. The first-order chi connectivity index (χ1) is 6.46. The van der Waals surface area contributed by atoms with Gasteiger partial charge in [0, 0.05) is 5.56 Å². The lowest BCUT2D eigenvalue weighted by atomic mass is 10.0. The van der Waals surface area contributed by atoms with Crippen LogP contribution < -0.4 is 5.32 Å². The Labute approximate surface area is 80.9 Å². The van der Waals surface area contributed by atoms with Crippen LogP contribution in [0.5, 0.6) is 0 Å². The number of hydrogen-bond donors (Lipinski definition) is 1. The molecule has 14 heavy (non-hydrogen) atoms. The number of alkyl halides is 3. The summed E-state index contributed by atoms with van der Waals surface area (Å²) in [5.74, 6) is 0. The SMILES string of the molecule is [CH2-][NH2+]C(C)c1ccccc1C(F)(F)F. The van der Waals surface area contributed by atoms with Crippen LogP contribution in [-0.4, -0.2) is 0 Å². The summed E-state index contributed by atoms with van der Waals surface area (Å²) in [6.45, 7) is 1.69. The zero-order chi connectivity index (χ0) is 10.8. The van der Waals surface area contributed by atoms with E-state index in [9.17, 15) is 13.2 Å². The smallest absolute Gasteiger partial charge is 0.416 e. The molecule has 0 amide bonds. The predicted octanol–water partition coefficient (Wildman–Crippen LogP) is 2.12. The number of benzene rings is 1. The van der Waals surface area contributed by atoms with E-state index in [1.54, 1.807) is 13.0 Å². The molecule has 0 spiro atoms. The van der Waals surface area contributed by atoms with Crippen molar-refractivity contribution in [1.82, 2.24) is 0 Å². The lowest BCUT2D eigenvalue weighted by Gasteiger charge is -2.17. The third-order valence-electron chi connectivity index (χ3n) is 2.11. The molecule has 1 rings (SSSR count). The maximum absolute atomic E-state index is 12.5. The molecule has 0 saturated carbocycles. The van der Waals surface area contributed by atoms with Crippen LogP contribution in [0, 0.1) is 7.05 Å². The maximum atomic E-state index is 12.5. The first-order valence-corrected chi connectivity index (χ1v) is 4.25. The maximum Gasteiger partial charge on any atom is 0.416 e. The minimum atomic E-state index is -4.28. The third-order valence-corrected chi connectivity index (χ3v) is 2.11. The summed E-state index contributed by atoms with van der Waals surface area (Å²) in [7, 11) is 3.49. The minimum absolute atomic E-state index is 0.273. The number of halogens is 3. The van der Waals surface area contributed by atoms with E-state index in [2.05, 4.69) is 7.05 Å². The van der Waals surface area contributed by atoms with Crippen LogP contribution in [0.2, 0.25) is 0 Å². The first kappa shape index (κ1) is 11.0. The van der Waals surface area contributed by atoms with Gasteiger partial charge in [-0.05, 0) is 13.0 Å². The molecule has 78 valence electrons. The van der Waals surface area contributed by atoms with E-state index in [4.69, 9.17) is 0 Å². The Morgan fingerprint density at radius 3 is 2.36 bits per heavy atom. The molecule has 2 N–H and O–H groups in total. The fraction of sp³-hybridized carbons (Fsp3) is 0.300. The highest BCUT2D eigenvalue weighted by atomic mass is 19.4. The van der Waals surface area contributed by atoms with Gasteiger partial charge in [-0.15, -0.1) is 0 Å². The lowest BCUT2D eigenvalue weighted by Crippen LogP contribution is -2.77. The molecule has 0 aliphatic heterocycles. The van der Waals surface area contributed by atoms with Crippen molar-refractivity contribution >= 4 is 0 Å². The van der Waals surface area contributed by atoms with Crippen molar-refractivity contribution in [2.45, 2.75) is 19.1 Å². The molecule has 0 radical (unpaired) electrons. The normalized spacial score (nSPS) is 14.1. The van der Waals surface area contributed by atoms with Crippen LogP contribution in [0.1, 0.15) is 24.1 Å². The molecular formula is C10H12F3N. The number of nitrogens with two attached hydrogens (primary N) is 1. The summed E-state index contributed by atoms with van der Waals surface area (Å²) < 4.78 is 37.5. The van der Waals surface area contributed by atoms with E-state index < -0.39 is 11.7 Å². The van der Waals surface area contributed by atoms with Crippen molar-refractivity contribution < 1.29 is 18.5 Å². The minimum Gasteiger partial charge on any atom is -0.473 e. The zero-order valence-electron chi connectivity index (χ0n) is 7.81. The Bertz CT molecular complexity index is 306. The first-order valence-electron chi connectivity index (χ1n) is 4.25. The molecule has 0 saturated heterocycles. The summed E-state index contributed by atoms with van der Waals surface area (Å²) >= 11 is 0. The van der Waals surface area contributed by atoms with Crippen molar-refractivity contribution in [3.63, 3.8) is 0 Å². The van der Waals surface area contributed by atoms with Gasteiger partial charge >= 0.3 is 6.18 Å². The van der Waals surface area contributed by atoms with Gasteiger partial charge < -0.3 is 5.32 Å². The average molecular weight is 203 g/mol. The second-order valence-corrected chi connectivity index (χ2v) is 3.11. The van der Waals surface area contributed by atoms with Crippen LogP contribution >= 0.6 is 0 Å². The van der Waals surface area contributed by atoms with Crippen molar-refractivity contribution in [1.29, 1.82) is 0 Å². The Hall–Kier alpha value is -1.03. The fourth-order valence-corrected chi connectivity index (χ4v) is 1.28. The Morgan fingerprint density at radius 2 is 1.86 bits per heavy atom. The van der Waals surface area contributed by atoms with Crippen LogP contribution in [0.4, 0.5) is 13.2 Å². The Kier molecular flexibility index (Phi) is 3.16. The van der Waals surface area contributed by atoms with E-state index >= 15 is 0 Å². The summed E-state index contributed by atoms with van der Waals surface area (Å²) in [5.41, 5.74) is -0.303. The van der Waals surface area contributed by atoms with Gasteiger partial charge in [0.15, 0.2) is 0 Å². The van der Waals surface area contributed by atoms with Crippen LogP contribution in [0.3, 0.4) is 0 Å². The molecule has 0 heterocycles. The summed E-state index contributed by atoms with van der Waals surface area (Å²) in [6, 6.07) is 5.28. The van der Waals surface area contributed by atoms with E-state index in [0.717, 1.165) is 6.07 Å². The second-order valence-electron chi connectivity index (χ2n) is 3.11. The number of hydrogen-bond acceptors (Lipinski definition) is 0. The molecule has 0 aromatic heterocycles. The second kappa shape index (κ2) is 4.00. The number of rotatable bonds is 2. The van der Waals surface area contributed by atoms with E-state index in [1.807, 2.05) is 0 Å². The average Bonchev–Trinajstić information content (AvgIpc) is 2.15. The molecule has 1 aromatic carbocycles. The summed E-state index contributed by atoms with van der Waals surface area (Å²) in [6.07, 6.45) is -4.28. The van der Waals surface area contributed by atoms with E-state index in [1.165, 1.54) is 17.4 Å². The molecule has 4 heteroatoms. The fourth-order valence-electron chi connectivity index (χ4n) is 1.28. The van der Waals surface area contributed by atoms with Gasteiger partial charge in [-0.2, -0.15) is 20.2 Å². The van der Waals surface area contributed by atoms with Crippen molar-refractivity contribution in [2.75, 3.05) is 0 Å². The quantitative estimate of drug-likeness (QED) is 0.709. The molecule has 1 aromatic rings. The van der Waals surface area contributed by atoms with Gasteiger partial charge in [-0.3, -0.25) is 0 Å². The molecular weight excluding hydrogens is 191 g/mol. The number of quaternary nitrogens is 1. The Balaban J connectivity index is 3.16. The summed E-state index contributed by atoms with van der Waals surface area (Å²) in [5, 5.41) is 1.50. The molecule has 1 unspecified atom stereocenters. The van der Waals surface area contributed by atoms with Gasteiger partial charge in [0.25, 0.3) is 0 Å². The molecule has 0 bridgehead atoms. The Morgan fingerprint density at radius 1 is 1.29 bits per heavy atom. The molecule has 0 fully saturated rings. The lowest BCUT2D eigenvalue weighted by molar-refractivity contribution is -0.637. The van der Waals surface area contributed by atoms with Crippen molar-refractivity contribution in [3.8, 4) is 0 Å². The monoisotopic (exact) mass is 203 g/mol. The van der Waals surface area contributed by atoms with E-state index in [0.29, 0.717) is 0 Å². The van der Waals surface area contributed by atoms with Crippen LogP contribution in [0.15, 0.2) is 24.3 Å². The molecule has 1 nitrogen and oxygen atoms in total. The summed E-state index contributed by atoms with van der Waals surface area (Å²) in [4.78, 5) is 0. The van der Waals surface area contributed by atoms with E-state index in [-0.39, 0.29) is 11.6 Å². The highest BCUT2D eigenvalue weighted by Crippen LogP contribution is 2.33. The zero-order valence-corrected chi connectivity index (χ0v) is 7.81. The van der Waals surface area contributed by atoms with Crippen molar-refractivity contribution in [3.05, 3.63) is 42.4 Å². The standard InChI is InChI=1S/C10H12F3N/c1-7(14-2)8-5-3-4-6-9(8)10(11,12)13/h3-7H,2,14H2,1H3. The topological polar surface area (TPSA) is 16.6 Å². The van der Waals surface area contributed by atoms with Gasteiger partial charge in [-0.25, -0.2) is 0 Å². The van der Waals surface area contributed by atoms with Crippen LogP contribution in [-0.2, 0) is 6.18 Å². The van der Waals surface area contributed by atoms with Gasteiger partial charge in [0.2, 0.25) is 0 Å². The van der Waals surface area contributed by atoms with Gasteiger partial charge in [-0.1, -0.05) is 18.2 Å². The predicted molar refractivity (Wildman–Crippen MR) is 47.1 cm³/mol.